The van der Waals surface area contributed by atoms with Gasteiger partial charge in [-0.25, -0.2) is 4.98 Å². The number of aryl methyl sites for hydroxylation is 2. The Labute approximate surface area is 182 Å². The Morgan fingerprint density at radius 2 is 2.10 bits per heavy atom. The zero-order valence-corrected chi connectivity index (χ0v) is 18.3. The van der Waals surface area contributed by atoms with Crippen molar-refractivity contribution in [3.05, 3.63) is 70.7 Å². The number of carbonyl (C=O) groups is 1. The van der Waals surface area contributed by atoms with E-state index in [0.717, 1.165) is 41.1 Å². The summed E-state index contributed by atoms with van der Waals surface area (Å²) in [6.07, 6.45) is 2.89. The first-order chi connectivity index (χ1) is 15.1. The molecule has 3 aromatic rings. The van der Waals surface area contributed by atoms with Crippen LogP contribution in [-0.4, -0.2) is 39.2 Å². The van der Waals surface area contributed by atoms with Gasteiger partial charge >= 0.3 is 0 Å². The molecule has 0 aliphatic carbocycles. The maximum atomic E-state index is 13.0. The van der Waals surface area contributed by atoms with Crippen molar-refractivity contribution < 1.29 is 14.3 Å². The Hall–Kier alpha value is -3.35. The molecule has 0 saturated heterocycles. The van der Waals surface area contributed by atoms with Crippen LogP contribution in [0.4, 0.5) is 0 Å². The van der Waals surface area contributed by atoms with Crippen molar-refractivity contribution in [1.29, 1.82) is 0 Å². The van der Waals surface area contributed by atoms with Crippen LogP contribution in [0.1, 0.15) is 35.0 Å². The molecule has 0 unspecified atom stereocenters. The Bertz CT molecular complexity index is 1080. The molecular formula is C24H28N4O3. The number of nitrogens with zero attached hydrogens (tertiary/aromatic N) is 4. The highest BCUT2D eigenvalue weighted by molar-refractivity contribution is 5.79. The fourth-order valence-corrected chi connectivity index (χ4v) is 3.95. The largest absolute Gasteiger partial charge is 0.497 e. The summed E-state index contributed by atoms with van der Waals surface area (Å²) in [6, 6.07) is 11.5. The van der Waals surface area contributed by atoms with E-state index < -0.39 is 0 Å². The number of ether oxygens (including phenoxy) is 2. The molecule has 162 valence electrons. The van der Waals surface area contributed by atoms with Crippen molar-refractivity contribution >= 4 is 5.91 Å². The predicted molar refractivity (Wildman–Crippen MR) is 117 cm³/mol. The van der Waals surface area contributed by atoms with Gasteiger partial charge in [-0.2, -0.15) is 5.10 Å². The van der Waals surface area contributed by atoms with E-state index in [-0.39, 0.29) is 5.91 Å². The first kappa shape index (κ1) is 20.9. The third kappa shape index (κ3) is 4.71. The number of hydrogen-bond acceptors (Lipinski definition) is 5. The van der Waals surface area contributed by atoms with Crippen LogP contribution in [0, 0.1) is 6.92 Å². The molecule has 2 aromatic heterocycles. The first-order valence-electron chi connectivity index (χ1n) is 10.6. The highest BCUT2D eigenvalue weighted by atomic mass is 16.5. The number of amides is 1. The second kappa shape index (κ2) is 9.20. The average Bonchev–Trinajstić information content (AvgIpc) is 3.15. The number of pyridine rings is 1. The number of fused-ring (bicyclic) bond motifs is 1. The molecule has 1 aromatic carbocycles. The summed E-state index contributed by atoms with van der Waals surface area (Å²) >= 11 is 0. The second-order valence-corrected chi connectivity index (χ2v) is 7.74. The molecule has 0 N–H and O–H groups in total. The quantitative estimate of drug-likeness (QED) is 0.587. The van der Waals surface area contributed by atoms with E-state index in [1.165, 1.54) is 5.69 Å². The maximum Gasteiger partial charge on any atom is 0.227 e. The molecule has 1 aliphatic rings. The number of hydrogen-bond donors (Lipinski definition) is 0. The predicted octanol–water partition coefficient (Wildman–Crippen LogP) is 3.32. The van der Waals surface area contributed by atoms with Crippen molar-refractivity contribution in [1.82, 2.24) is 19.7 Å². The normalized spacial score (nSPS) is 13.1. The summed E-state index contributed by atoms with van der Waals surface area (Å²) in [6.45, 7) is 6.47. The molecule has 0 spiro atoms. The Morgan fingerprint density at radius 1 is 1.23 bits per heavy atom. The summed E-state index contributed by atoms with van der Waals surface area (Å²) in [4.78, 5) is 19.2. The van der Waals surface area contributed by atoms with Gasteiger partial charge in [0.25, 0.3) is 0 Å². The van der Waals surface area contributed by atoms with Crippen LogP contribution < -0.4 is 9.47 Å². The van der Waals surface area contributed by atoms with E-state index in [1.54, 1.807) is 13.3 Å². The van der Waals surface area contributed by atoms with E-state index in [1.807, 2.05) is 52.9 Å². The minimum absolute atomic E-state index is 0.107. The molecule has 1 amide bonds. The minimum Gasteiger partial charge on any atom is -0.497 e. The highest BCUT2D eigenvalue weighted by Crippen LogP contribution is 2.25. The molecule has 3 heterocycles. The van der Waals surface area contributed by atoms with Crippen molar-refractivity contribution in [3.63, 3.8) is 0 Å². The molecule has 0 saturated carbocycles. The van der Waals surface area contributed by atoms with Gasteiger partial charge in [0, 0.05) is 49.6 Å². The summed E-state index contributed by atoms with van der Waals surface area (Å²) in [5.41, 5.74) is 5.22. The topological polar surface area (TPSA) is 69.5 Å². The van der Waals surface area contributed by atoms with E-state index in [0.29, 0.717) is 32.0 Å². The van der Waals surface area contributed by atoms with E-state index in [4.69, 9.17) is 14.6 Å². The van der Waals surface area contributed by atoms with Crippen LogP contribution in [0.15, 0.2) is 42.6 Å². The molecule has 7 heteroatoms. The van der Waals surface area contributed by atoms with E-state index in [2.05, 4.69) is 11.9 Å². The third-order valence-corrected chi connectivity index (χ3v) is 5.61. The van der Waals surface area contributed by atoms with Gasteiger partial charge in [0.05, 0.1) is 13.5 Å². The molecule has 7 nitrogen and oxygen atoms in total. The van der Waals surface area contributed by atoms with E-state index in [9.17, 15) is 4.79 Å². The molecule has 0 atom stereocenters. The second-order valence-electron chi connectivity index (χ2n) is 7.74. The number of carbonyl (C=O) groups excluding carboxylic acids is 1. The number of aromatic nitrogens is 3. The zero-order chi connectivity index (χ0) is 21.8. The van der Waals surface area contributed by atoms with Crippen molar-refractivity contribution in [2.45, 2.75) is 46.4 Å². The lowest BCUT2D eigenvalue weighted by Crippen LogP contribution is -2.37. The van der Waals surface area contributed by atoms with Gasteiger partial charge in [-0.15, -0.1) is 0 Å². The van der Waals surface area contributed by atoms with Crippen LogP contribution in [0.2, 0.25) is 0 Å². The monoisotopic (exact) mass is 420 g/mol. The number of methoxy groups -OCH3 is 1. The van der Waals surface area contributed by atoms with Gasteiger partial charge in [-0.1, -0.05) is 12.1 Å². The van der Waals surface area contributed by atoms with Gasteiger partial charge in [0.2, 0.25) is 11.8 Å². The summed E-state index contributed by atoms with van der Waals surface area (Å²) in [5, 5.41) is 4.76. The van der Waals surface area contributed by atoms with Crippen molar-refractivity contribution in [3.8, 4) is 11.6 Å². The van der Waals surface area contributed by atoms with Crippen LogP contribution in [0.5, 0.6) is 11.6 Å². The number of benzene rings is 1. The summed E-state index contributed by atoms with van der Waals surface area (Å²) in [5.74, 6) is 1.46. The lowest BCUT2D eigenvalue weighted by molar-refractivity contribution is -0.131. The van der Waals surface area contributed by atoms with Gasteiger partial charge in [0.1, 0.15) is 18.1 Å². The fourth-order valence-electron chi connectivity index (χ4n) is 3.95. The standard InChI is InChI=1S/C24H28N4O3/c1-4-28-22-9-11-27(24(29)14-18-6-5-7-19(13-18)30-3)15-20(22)21(26-28)16-31-23-12-17(2)8-10-25-23/h5-8,10,12-13H,4,9,11,14-16H2,1-3H3. The van der Waals surface area contributed by atoms with E-state index >= 15 is 0 Å². The van der Waals surface area contributed by atoms with Crippen LogP contribution >= 0.6 is 0 Å². The first-order valence-corrected chi connectivity index (χ1v) is 10.6. The van der Waals surface area contributed by atoms with Crippen LogP contribution in [0.25, 0.3) is 0 Å². The molecule has 31 heavy (non-hydrogen) atoms. The van der Waals surface area contributed by atoms with Crippen LogP contribution in [0.3, 0.4) is 0 Å². The lowest BCUT2D eigenvalue weighted by atomic mass is 10.0. The van der Waals surface area contributed by atoms with Gasteiger partial charge in [-0.05, 0) is 43.2 Å². The Balaban J connectivity index is 1.49. The number of rotatable bonds is 7. The zero-order valence-electron chi connectivity index (χ0n) is 18.3. The molecule has 0 radical (unpaired) electrons. The Kier molecular flexibility index (Phi) is 6.21. The van der Waals surface area contributed by atoms with Crippen LogP contribution in [-0.2, 0) is 37.3 Å². The lowest BCUT2D eigenvalue weighted by Gasteiger charge is -2.28. The SMILES string of the molecule is CCn1nc(COc2cc(C)ccn2)c2c1CCN(C(=O)Cc1cccc(OC)c1)C2. The maximum absolute atomic E-state index is 13.0. The summed E-state index contributed by atoms with van der Waals surface area (Å²) < 4.78 is 13.2. The minimum atomic E-state index is 0.107. The molecule has 0 fully saturated rings. The van der Waals surface area contributed by atoms with Gasteiger partial charge in [0.15, 0.2) is 0 Å². The third-order valence-electron chi connectivity index (χ3n) is 5.61. The molecule has 0 bridgehead atoms. The fraction of sp³-hybridized carbons (Fsp3) is 0.375. The molecule has 1 aliphatic heterocycles. The van der Waals surface area contributed by atoms with Gasteiger partial charge in [-0.3, -0.25) is 9.48 Å². The smallest absolute Gasteiger partial charge is 0.227 e. The Morgan fingerprint density at radius 3 is 2.87 bits per heavy atom. The average molecular weight is 421 g/mol. The molecule has 4 rings (SSSR count). The summed E-state index contributed by atoms with van der Waals surface area (Å²) in [7, 11) is 1.63. The highest BCUT2D eigenvalue weighted by Gasteiger charge is 2.27. The van der Waals surface area contributed by atoms with Crippen molar-refractivity contribution in [2.24, 2.45) is 0 Å². The molecular weight excluding hydrogens is 392 g/mol. The van der Waals surface area contributed by atoms with Crippen molar-refractivity contribution in [2.75, 3.05) is 13.7 Å². The van der Waals surface area contributed by atoms with Gasteiger partial charge < -0.3 is 14.4 Å².